The van der Waals surface area contributed by atoms with Crippen molar-refractivity contribution in [3.63, 3.8) is 0 Å². The van der Waals surface area contributed by atoms with E-state index in [-0.39, 0.29) is 11.7 Å². The van der Waals surface area contributed by atoms with E-state index in [1.54, 1.807) is 12.1 Å². The van der Waals surface area contributed by atoms with Gasteiger partial charge in [0, 0.05) is 25.3 Å². The highest BCUT2D eigenvalue weighted by atomic mass is 32.2. The third kappa shape index (κ3) is 3.19. The van der Waals surface area contributed by atoms with Gasteiger partial charge in [0.05, 0.1) is 0 Å². The van der Waals surface area contributed by atoms with Crippen LogP contribution in [0.3, 0.4) is 0 Å². The third-order valence-electron chi connectivity index (χ3n) is 2.23. The van der Waals surface area contributed by atoms with E-state index < -0.39 is 4.92 Å². The number of hydrogen-bond acceptors (Lipinski definition) is 6. The van der Waals surface area contributed by atoms with Crippen LogP contribution in [0.1, 0.15) is 6.92 Å². The monoisotopic (exact) mass is 281 g/mol. The summed E-state index contributed by atoms with van der Waals surface area (Å²) in [6, 6.07) is 3.41. The zero-order valence-electron chi connectivity index (χ0n) is 10.1. The molecule has 0 aromatic carbocycles. The van der Waals surface area contributed by atoms with Gasteiger partial charge in [-0.25, -0.2) is 4.98 Å². The van der Waals surface area contributed by atoms with Crippen molar-refractivity contribution in [2.45, 2.75) is 11.9 Å². The van der Waals surface area contributed by atoms with E-state index in [0.29, 0.717) is 23.0 Å². The van der Waals surface area contributed by atoms with E-state index in [1.807, 2.05) is 0 Å². The van der Waals surface area contributed by atoms with Gasteiger partial charge >= 0.3 is 5.82 Å². The minimum absolute atomic E-state index is 0.0886. The summed E-state index contributed by atoms with van der Waals surface area (Å²) in [5, 5.41) is 18.2. The molecular weight excluding hydrogens is 270 g/mol. The second kappa shape index (κ2) is 5.65. The van der Waals surface area contributed by atoms with Gasteiger partial charge in [-0.05, 0) is 11.0 Å². The number of nitro groups is 1. The first-order chi connectivity index (χ1) is 9.08. The molecule has 9 heteroatoms. The molecule has 0 fully saturated rings. The Labute approximate surface area is 112 Å². The smallest absolute Gasteiger partial charge is 0.358 e. The first kappa shape index (κ1) is 13.3. The molecule has 100 valence electrons. The molecule has 0 unspecified atom stereocenters. The Morgan fingerprint density at radius 1 is 1.58 bits per heavy atom. The van der Waals surface area contributed by atoms with E-state index in [1.165, 1.54) is 29.4 Å². The minimum Gasteiger partial charge on any atom is -0.358 e. The van der Waals surface area contributed by atoms with Crippen molar-refractivity contribution in [2.24, 2.45) is 0 Å². The summed E-state index contributed by atoms with van der Waals surface area (Å²) in [6.07, 6.45) is 1.17. The van der Waals surface area contributed by atoms with Crippen molar-refractivity contribution in [1.82, 2.24) is 19.9 Å². The second-order valence-electron chi connectivity index (χ2n) is 3.65. The van der Waals surface area contributed by atoms with Gasteiger partial charge in [-0.3, -0.25) is 4.79 Å². The number of imidazole rings is 1. The molecule has 2 heterocycles. The van der Waals surface area contributed by atoms with Crippen molar-refractivity contribution in [1.29, 1.82) is 0 Å². The predicted molar refractivity (Wildman–Crippen MR) is 69.0 cm³/mol. The van der Waals surface area contributed by atoms with Crippen LogP contribution in [0, 0.1) is 10.1 Å². The van der Waals surface area contributed by atoms with Gasteiger partial charge in [-0.1, -0.05) is 9.61 Å². The highest BCUT2D eigenvalue weighted by molar-refractivity contribution is 7.99. The van der Waals surface area contributed by atoms with Crippen LogP contribution in [-0.4, -0.2) is 37.7 Å². The van der Waals surface area contributed by atoms with Crippen LogP contribution in [0.15, 0.2) is 23.4 Å². The van der Waals surface area contributed by atoms with Crippen molar-refractivity contribution in [3.8, 4) is 0 Å². The number of amides is 1. The van der Waals surface area contributed by atoms with E-state index in [4.69, 9.17) is 0 Å². The topological polar surface area (TPSA) is 102 Å². The highest BCUT2D eigenvalue weighted by Gasteiger charge is 2.15. The molecule has 0 radical (unpaired) electrons. The molecule has 1 N–H and O–H groups in total. The predicted octanol–water partition coefficient (Wildman–Crippen LogP) is 0.866. The lowest BCUT2D eigenvalue weighted by atomic mass is 10.6. The molecule has 0 aliphatic heterocycles. The molecule has 2 aromatic rings. The molecule has 0 saturated heterocycles. The molecular formula is C10H11N5O3S. The number of rotatable bonds is 5. The first-order valence-corrected chi connectivity index (χ1v) is 6.43. The lowest BCUT2D eigenvalue weighted by Gasteiger charge is -2.01. The largest absolute Gasteiger partial charge is 0.368 e. The molecule has 2 rings (SSSR count). The number of nitrogens with one attached hydrogen (secondary N) is 1. The van der Waals surface area contributed by atoms with E-state index in [9.17, 15) is 14.9 Å². The van der Waals surface area contributed by atoms with Gasteiger partial charge in [0.25, 0.3) is 0 Å². The summed E-state index contributed by atoms with van der Waals surface area (Å²) in [7, 11) is 0. The van der Waals surface area contributed by atoms with Crippen molar-refractivity contribution in [2.75, 3.05) is 12.3 Å². The van der Waals surface area contributed by atoms with E-state index in [2.05, 4.69) is 15.4 Å². The zero-order valence-corrected chi connectivity index (χ0v) is 10.9. The molecule has 0 aliphatic rings. The molecule has 8 nitrogen and oxygen atoms in total. The third-order valence-corrected chi connectivity index (χ3v) is 3.15. The molecule has 19 heavy (non-hydrogen) atoms. The first-order valence-electron chi connectivity index (χ1n) is 5.44. The average Bonchev–Trinajstić information content (AvgIpc) is 2.77. The number of thioether (sulfide) groups is 1. The van der Waals surface area contributed by atoms with Crippen LogP contribution in [0.4, 0.5) is 5.82 Å². The van der Waals surface area contributed by atoms with Crippen LogP contribution in [-0.2, 0) is 4.79 Å². The number of carbonyl (C=O) groups excluding carboxylic acids is 1. The number of nitrogens with zero attached hydrogens (tertiary/aromatic N) is 4. The Kier molecular flexibility index (Phi) is 3.95. The normalized spacial score (nSPS) is 10.6. The Bertz CT molecular complexity index is 627. The molecule has 0 saturated carbocycles. The van der Waals surface area contributed by atoms with Crippen LogP contribution in [0.5, 0.6) is 0 Å². The van der Waals surface area contributed by atoms with Gasteiger partial charge in [0.2, 0.25) is 11.6 Å². The number of aromatic nitrogens is 3. The van der Waals surface area contributed by atoms with Crippen molar-refractivity contribution in [3.05, 3.63) is 28.4 Å². The lowest BCUT2D eigenvalue weighted by molar-refractivity contribution is -0.391. The SMILES string of the molecule is CC(=O)NCCSc1ccc2ncc([N+](=O)[O-])n2n1. The zero-order chi connectivity index (χ0) is 13.8. The number of hydrogen-bond donors (Lipinski definition) is 1. The quantitative estimate of drug-likeness (QED) is 0.377. The fourth-order valence-corrected chi connectivity index (χ4v) is 2.15. The highest BCUT2D eigenvalue weighted by Crippen LogP contribution is 2.18. The van der Waals surface area contributed by atoms with Gasteiger partial charge in [-0.15, -0.1) is 11.8 Å². The van der Waals surface area contributed by atoms with Crippen molar-refractivity contribution < 1.29 is 9.72 Å². The van der Waals surface area contributed by atoms with Crippen LogP contribution >= 0.6 is 11.8 Å². The maximum Gasteiger partial charge on any atom is 0.368 e. The van der Waals surface area contributed by atoms with Gasteiger partial charge in [0.15, 0.2) is 0 Å². The summed E-state index contributed by atoms with van der Waals surface area (Å²) >= 11 is 1.40. The van der Waals surface area contributed by atoms with Crippen LogP contribution in [0.2, 0.25) is 0 Å². The summed E-state index contributed by atoms with van der Waals surface area (Å²) in [5.41, 5.74) is 0.429. The maximum absolute atomic E-state index is 10.8. The van der Waals surface area contributed by atoms with Gasteiger partial charge in [-0.2, -0.15) is 0 Å². The fraction of sp³-hybridized carbons (Fsp3) is 0.300. The van der Waals surface area contributed by atoms with E-state index >= 15 is 0 Å². The van der Waals surface area contributed by atoms with Crippen molar-refractivity contribution >= 4 is 29.1 Å². The Morgan fingerprint density at radius 3 is 3.05 bits per heavy atom. The van der Waals surface area contributed by atoms with Gasteiger partial charge < -0.3 is 15.4 Å². The average molecular weight is 281 g/mol. The summed E-state index contributed by atoms with van der Waals surface area (Å²) < 4.78 is 1.20. The Morgan fingerprint density at radius 2 is 2.37 bits per heavy atom. The minimum atomic E-state index is -0.529. The number of carbonyl (C=O) groups is 1. The fourth-order valence-electron chi connectivity index (χ4n) is 1.43. The Balaban J connectivity index is 2.10. The number of fused-ring (bicyclic) bond motifs is 1. The lowest BCUT2D eigenvalue weighted by Crippen LogP contribution is -2.22. The van der Waals surface area contributed by atoms with E-state index in [0.717, 1.165) is 0 Å². The summed E-state index contributed by atoms with van der Waals surface area (Å²) in [4.78, 5) is 24.8. The molecule has 0 bridgehead atoms. The summed E-state index contributed by atoms with van der Waals surface area (Å²) in [5.74, 6) is 0.384. The standard InChI is InChI=1S/C10H11N5O3S/c1-7(16)11-4-5-19-9-3-2-8-12-6-10(15(17)18)14(8)13-9/h2-3,6H,4-5H2,1H3,(H,11,16). The summed E-state index contributed by atoms with van der Waals surface area (Å²) in [6.45, 7) is 1.97. The molecule has 0 spiro atoms. The Hall–Kier alpha value is -2.16. The maximum atomic E-state index is 10.8. The van der Waals surface area contributed by atoms with Gasteiger partial charge in [0.1, 0.15) is 11.2 Å². The molecule has 1 amide bonds. The molecule has 2 aromatic heterocycles. The second-order valence-corrected chi connectivity index (χ2v) is 4.76. The molecule has 0 atom stereocenters. The van der Waals surface area contributed by atoms with Crippen LogP contribution in [0.25, 0.3) is 5.65 Å². The molecule has 0 aliphatic carbocycles. The van der Waals surface area contributed by atoms with Crippen LogP contribution < -0.4 is 5.32 Å².